The highest BCUT2D eigenvalue weighted by atomic mass is 15.2. The van der Waals surface area contributed by atoms with Gasteiger partial charge in [-0.2, -0.15) is 0 Å². The summed E-state index contributed by atoms with van der Waals surface area (Å²) in [7, 11) is 0. The van der Waals surface area contributed by atoms with Gasteiger partial charge in [-0.15, -0.1) is 0 Å². The Morgan fingerprint density at radius 1 is 0.154 bits per heavy atom. The van der Waals surface area contributed by atoms with Gasteiger partial charge in [0.15, 0.2) is 0 Å². The maximum Gasteiger partial charge on any atom is 0.0468 e. The molecule has 4 nitrogen and oxygen atoms in total. The van der Waals surface area contributed by atoms with Gasteiger partial charge in [0.25, 0.3) is 0 Å². The Morgan fingerprint density at radius 3 is 0.608 bits per heavy atom. The average Bonchev–Trinajstić information content (AvgIpc) is 0.734. The lowest BCUT2D eigenvalue weighted by molar-refractivity contribution is -0.00530. The summed E-state index contributed by atoms with van der Waals surface area (Å²) in [6.07, 6.45) is 17.1. The summed E-state index contributed by atoms with van der Waals surface area (Å²) in [6, 6.07) is 186. The first-order valence-electron chi connectivity index (χ1n) is 51.9. The maximum absolute atomic E-state index is 2.48. The second-order valence-electron chi connectivity index (χ2n) is 41.7. The van der Waals surface area contributed by atoms with E-state index in [0.717, 1.165) is 86.7 Å². The molecule has 20 aromatic rings. The zero-order valence-corrected chi connectivity index (χ0v) is 81.2. The molecule has 0 saturated heterocycles. The van der Waals surface area contributed by atoms with E-state index >= 15 is 0 Å². The van der Waals surface area contributed by atoms with Crippen molar-refractivity contribution in [2.45, 2.75) is 94.8 Å². The minimum atomic E-state index is 0.368. The largest absolute Gasteiger partial charge is 0.311 e. The molecule has 143 heavy (non-hydrogen) atoms. The smallest absolute Gasteiger partial charge is 0.0468 e. The predicted molar refractivity (Wildman–Crippen MR) is 602 cm³/mol. The maximum atomic E-state index is 2.48. The molecule has 0 atom stereocenters. The first-order valence-corrected chi connectivity index (χ1v) is 51.9. The van der Waals surface area contributed by atoms with E-state index in [1.54, 1.807) is 11.1 Å². The highest BCUT2D eigenvalue weighted by Gasteiger charge is 2.53. The molecule has 692 valence electrons. The molecular weight excluding hydrogens is 1730 g/mol. The molecule has 0 amide bonds. The Hall–Kier alpha value is -16.1. The number of benzene rings is 20. The Balaban J connectivity index is 0.000000150. The third-order valence-corrected chi connectivity index (χ3v) is 32.5. The highest BCUT2D eigenvalue weighted by Crippen LogP contribution is 2.63. The molecule has 0 N–H and O–H groups in total. The fourth-order valence-corrected chi connectivity index (χ4v) is 26.4. The van der Waals surface area contributed by atoms with Gasteiger partial charge in [-0.25, -0.2) is 0 Å². The van der Waals surface area contributed by atoms with Crippen LogP contribution in [0.25, 0.3) is 111 Å². The Labute approximate surface area is 843 Å². The summed E-state index contributed by atoms with van der Waals surface area (Å²) in [4.78, 5) is 9.65. The van der Waals surface area contributed by atoms with E-state index in [4.69, 9.17) is 0 Å². The first kappa shape index (κ1) is 88.3. The van der Waals surface area contributed by atoms with Crippen molar-refractivity contribution in [2.75, 3.05) is 19.6 Å². The summed E-state index contributed by atoms with van der Waals surface area (Å²) in [5.41, 5.74) is 40.3. The summed E-state index contributed by atoms with van der Waals surface area (Å²) < 4.78 is 0. The van der Waals surface area contributed by atoms with Crippen LogP contribution >= 0.6 is 0 Å². The SMILES string of the molecule is Cc1ccc(-c2ccc(N(c3ccc(-c4ccc(N(c5ccc(-c6ccccc6)cc5)c5ccc(-c6ccccc6)c(-c6ccccc6)c5)cc4)cc3)c3ccc(C45CC6CC(CC(C6)C4)C5)cc3)cc2)cc1.c1ccc(-c2ccc(N(c3ccc(-c4ccc(N(c5ccc(C67CC8CC(CC(C8)C6)C7)cc5)c5ccc6ccccc6c5)cc4)cc3)c3ccc(-c4ccccc4)c(-c4ccccc4)c3)cc2)cc1. The molecule has 0 aliphatic heterocycles. The summed E-state index contributed by atoms with van der Waals surface area (Å²) in [5.74, 6) is 5.55. The number of anilines is 12. The molecule has 0 heterocycles. The zero-order chi connectivity index (χ0) is 95.2. The van der Waals surface area contributed by atoms with Gasteiger partial charge in [-0.3, -0.25) is 0 Å². The third kappa shape index (κ3) is 18.0. The van der Waals surface area contributed by atoms with Crippen LogP contribution in [0.2, 0.25) is 0 Å². The second-order valence-corrected chi connectivity index (χ2v) is 41.7. The van der Waals surface area contributed by atoms with Gasteiger partial charge < -0.3 is 19.6 Å². The van der Waals surface area contributed by atoms with Gasteiger partial charge in [0.2, 0.25) is 0 Å². The van der Waals surface area contributed by atoms with Crippen molar-refractivity contribution in [2.24, 2.45) is 35.5 Å². The standard InChI is InChI=1S/C71H60N2.C68H56N2/c1-50-17-19-55(20-18-50)57-23-31-63(32-24-57)72(67-39-29-62(30-40-67)71-47-51-43-52(48-71)45-53(44-51)49-71)64-33-25-58(26-34-64)59-27-37-66(38-28-59)73(65-35-21-56(22-36-65)54-11-5-2-6-12-54)68-41-42-69(60-13-7-3-8-14-60)70(46-68)61-15-9-4-10-16-61;1-4-12-51(13-5-1)53-20-29-61(30-21-53)70(65-38-39-66(56-15-6-2-7-16-56)67(44-65)57-17-8-3-9-18-57)62-33-24-55(25-34-62)54-22-31-60(32-23-54)69(64-35-26-52-14-10-11-19-58(52)43-64)63-36-27-59(28-37-63)68-45-48-40-49(46-68)42-50(41-48)47-68/h2-42,46,51-53H,43-45,47-49H2,1H3;1-39,43-44,48-50H,40-42,45-47H2. The van der Waals surface area contributed by atoms with Crippen molar-refractivity contribution >= 4 is 79.0 Å². The lowest BCUT2D eigenvalue weighted by Gasteiger charge is -2.57. The van der Waals surface area contributed by atoms with Gasteiger partial charge in [0.1, 0.15) is 0 Å². The highest BCUT2D eigenvalue weighted by molar-refractivity contribution is 5.94. The van der Waals surface area contributed by atoms with Crippen molar-refractivity contribution in [1.82, 2.24) is 0 Å². The van der Waals surface area contributed by atoms with Crippen LogP contribution in [-0.2, 0) is 10.8 Å². The van der Waals surface area contributed by atoms with Gasteiger partial charge in [0.05, 0.1) is 0 Å². The van der Waals surface area contributed by atoms with E-state index in [9.17, 15) is 0 Å². The Bertz CT molecular complexity index is 7760. The van der Waals surface area contributed by atoms with Crippen LogP contribution in [-0.4, -0.2) is 0 Å². The molecular formula is C139H116N4. The van der Waals surface area contributed by atoms with E-state index < -0.39 is 0 Å². The number of hydrogen-bond acceptors (Lipinski definition) is 4. The average molecular weight is 1840 g/mol. The number of aryl methyl sites for hydroxylation is 1. The van der Waals surface area contributed by atoms with Crippen LogP contribution in [0.4, 0.5) is 68.2 Å². The van der Waals surface area contributed by atoms with Gasteiger partial charge in [0, 0.05) is 68.2 Å². The van der Waals surface area contributed by atoms with E-state index in [2.05, 4.69) is 530 Å². The molecule has 28 rings (SSSR count). The number of hydrogen-bond donors (Lipinski definition) is 0. The third-order valence-electron chi connectivity index (χ3n) is 32.5. The Morgan fingerprint density at radius 2 is 0.343 bits per heavy atom. The topological polar surface area (TPSA) is 13.0 Å². The van der Waals surface area contributed by atoms with Crippen LogP contribution in [0.15, 0.2) is 504 Å². The molecule has 0 radical (unpaired) electrons. The predicted octanol–water partition coefficient (Wildman–Crippen LogP) is 38.7. The van der Waals surface area contributed by atoms with E-state index in [1.807, 2.05) is 0 Å². The summed E-state index contributed by atoms with van der Waals surface area (Å²) in [5, 5.41) is 2.50. The van der Waals surface area contributed by atoms with Gasteiger partial charge in [-0.05, 0) is 398 Å². The molecule has 8 fully saturated rings. The van der Waals surface area contributed by atoms with Gasteiger partial charge in [-0.1, -0.05) is 363 Å². The van der Waals surface area contributed by atoms with E-state index in [-0.39, 0.29) is 0 Å². The summed E-state index contributed by atoms with van der Waals surface area (Å²) >= 11 is 0. The molecule has 0 spiro atoms. The lowest BCUT2D eigenvalue weighted by Crippen LogP contribution is -2.48. The minimum absolute atomic E-state index is 0.368. The lowest BCUT2D eigenvalue weighted by atomic mass is 9.48. The van der Waals surface area contributed by atoms with Crippen LogP contribution in [0.3, 0.4) is 0 Å². The van der Waals surface area contributed by atoms with E-state index in [1.165, 1.54) is 211 Å². The molecule has 8 saturated carbocycles. The number of rotatable bonds is 23. The molecule has 8 aliphatic carbocycles. The summed E-state index contributed by atoms with van der Waals surface area (Å²) in [6.45, 7) is 2.15. The van der Waals surface area contributed by atoms with Crippen LogP contribution in [0.1, 0.15) is 93.7 Å². The zero-order valence-electron chi connectivity index (χ0n) is 81.2. The Kier molecular flexibility index (Phi) is 23.8. The first-order chi connectivity index (χ1) is 70.6. The van der Waals surface area contributed by atoms with E-state index in [0.29, 0.717) is 10.8 Å². The molecule has 8 bridgehead atoms. The fourth-order valence-electron chi connectivity index (χ4n) is 26.4. The molecule has 8 aliphatic rings. The van der Waals surface area contributed by atoms with Crippen molar-refractivity contribution in [3.63, 3.8) is 0 Å². The molecule has 20 aromatic carbocycles. The normalized spacial score (nSPS) is 18.8. The van der Waals surface area contributed by atoms with Crippen molar-refractivity contribution in [3.8, 4) is 100 Å². The van der Waals surface area contributed by atoms with Gasteiger partial charge >= 0.3 is 0 Å². The van der Waals surface area contributed by atoms with Crippen molar-refractivity contribution in [1.29, 1.82) is 0 Å². The number of nitrogens with zero attached hydrogens (tertiary/aromatic N) is 4. The molecule has 0 aromatic heterocycles. The second kappa shape index (κ2) is 38.5. The van der Waals surface area contributed by atoms with Crippen LogP contribution in [0.5, 0.6) is 0 Å². The van der Waals surface area contributed by atoms with Crippen LogP contribution in [0, 0.1) is 42.4 Å². The molecule has 4 heteroatoms. The van der Waals surface area contributed by atoms with Crippen molar-refractivity contribution in [3.05, 3.63) is 520 Å². The minimum Gasteiger partial charge on any atom is -0.311 e. The quantitative estimate of drug-likeness (QED) is 0.0633. The van der Waals surface area contributed by atoms with Crippen molar-refractivity contribution < 1.29 is 0 Å². The monoisotopic (exact) mass is 1840 g/mol. The van der Waals surface area contributed by atoms with Crippen LogP contribution < -0.4 is 19.6 Å². The molecule has 0 unspecified atom stereocenters. The number of fused-ring (bicyclic) bond motifs is 1. The fraction of sp³-hybridized carbons (Fsp3) is 0.151.